The van der Waals surface area contributed by atoms with Gasteiger partial charge in [-0.05, 0) is 40.2 Å². The second kappa shape index (κ2) is 7.63. The van der Waals surface area contributed by atoms with E-state index in [9.17, 15) is 4.57 Å². The highest BCUT2D eigenvalue weighted by molar-refractivity contribution is 8.01. The molecule has 0 aromatic carbocycles. The summed E-state index contributed by atoms with van der Waals surface area (Å²) in [6, 6.07) is 0. The highest BCUT2D eigenvalue weighted by atomic mass is 32.2. The fourth-order valence-corrected chi connectivity index (χ4v) is 6.65. The third kappa shape index (κ3) is 8.90. The van der Waals surface area contributed by atoms with Crippen LogP contribution in [0.15, 0.2) is 12.2 Å². The second-order valence-corrected chi connectivity index (χ2v) is 9.46. The largest absolute Gasteiger partial charge is 0.379 e. The molecule has 1 atom stereocenters. The van der Waals surface area contributed by atoms with Crippen LogP contribution in [0.5, 0.6) is 0 Å². The van der Waals surface area contributed by atoms with E-state index in [-0.39, 0.29) is 23.1 Å². The van der Waals surface area contributed by atoms with Crippen molar-refractivity contribution >= 4 is 18.5 Å². The summed E-state index contributed by atoms with van der Waals surface area (Å²) in [7, 11) is -2.99. The van der Waals surface area contributed by atoms with Gasteiger partial charge < -0.3 is 9.05 Å². The Bertz CT molecular complexity index is 275. The fourth-order valence-electron chi connectivity index (χ4n) is 1.46. The van der Waals surface area contributed by atoms with Crippen LogP contribution in [0.4, 0.5) is 0 Å². The molecule has 0 fully saturated rings. The van der Waals surface area contributed by atoms with Gasteiger partial charge in [-0.2, -0.15) is 0 Å². The first-order chi connectivity index (χ1) is 7.64. The average Bonchev–Trinajstić information content (AvgIpc) is 1.95. The van der Waals surface area contributed by atoms with Gasteiger partial charge >= 0.3 is 7.60 Å². The Morgan fingerprint density at radius 2 is 1.65 bits per heavy atom. The Morgan fingerprint density at radius 3 is 1.94 bits per heavy atom. The lowest BCUT2D eigenvalue weighted by Gasteiger charge is -2.21. The normalized spacial score (nSPS) is 14.4. The van der Waals surface area contributed by atoms with E-state index in [1.165, 1.54) is 0 Å². The van der Waals surface area contributed by atoms with Crippen molar-refractivity contribution in [3.05, 3.63) is 12.2 Å². The van der Waals surface area contributed by atoms with E-state index in [1.54, 1.807) is 0 Å². The molecule has 102 valence electrons. The van der Waals surface area contributed by atoms with E-state index in [0.29, 0.717) is 5.49 Å². The Hall–Kier alpha value is 0.240. The highest BCUT2D eigenvalue weighted by Crippen LogP contribution is 2.51. The van der Waals surface area contributed by atoms with Gasteiger partial charge in [-0.25, -0.2) is 0 Å². The summed E-state index contributed by atoms with van der Waals surface area (Å²) >= 11 is 0. The zero-order valence-electron chi connectivity index (χ0n) is 11.9. The monoisotopic (exact) mass is 281 g/mol. The van der Waals surface area contributed by atoms with Crippen molar-refractivity contribution in [2.45, 2.75) is 46.8 Å². The van der Waals surface area contributed by atoms with E-state index in [2.05, 4.69) is 12.8 Å². The van der Waals surface area contributed by atoms with Gasteiger partial charge in [0.05, 0.1) is 18.5 Å². The van der Waals surface area contributed by atoms with Gasteiger partial charge in [0, 0.05) is 10.9 Å². The molecule has 0 rings (SSSR count). The lowest BCUT2D eigenvalue weighted by molar-refractivity contribution is 0.145. The van der Waals surface area contributed by atoms with Gasteiger partial charge in [0.2, 0.25) is 5.49 Å². The van der Waals surface area contributed by atoms with Crippen LogP contribution < -0.4 is 0 Å². The Kier molecular flexibility index (Phi) is 7.73. The summed E-state index contributed by atoms with van der Waals surface area (Å²) in [6.07, 6.45) is 1.91. The summed E-state index contributed by atoms with van der Waals surface area (Å²) < 4.78 is 23.6. The smallest absolute Gasteiger partial charge is 0.303 e. The van der Waals surface area contributed by atoms with Crippen molar-refractivity contribution in [3.8, 4) is 0 Å². The lowest BCUT2D eigenvalue weighted by atomic mass is 10.4. The molecule has 0 saturated heterocycles. The minimum Gasteiger partial charge on any atom is -0.303 e. The zero-order valence-corrected chi connectivity index (χ0v) is 13.6. The number of rotatable bonds is 8. The molecule has 0 aliphatic rings. The molecule has 3 nitrogen and oxygen atoms in total. The molecule has 0 spiro atoms. The van der Waals surface area contributed by atoms with Crippen molar-refractivity contribution in [2.75, 3.05) is 17.5 Å². The van der Waals surface area contributed by atoms with Crippen LogP contribution in [-0.4, -0.2) is 29.7 Å². The van der Waals surface area contributed by atoms with E-state index in [4.69, 9.17) is 9.05 Å². The molecular weight excluding hydrogens is 255 g/mol. The molecule has 0 aromatic heterocycles. The molecule has 0 saturated carbocycles. The molecule has 0 heterocycles. The summed E-state index contributed by atoms with van der Waals surface area (Å²) in [5.74, 6) is 0.882. The van der Waals surface area contributed by atoms with Crippen molar-refractivity contribution in [1.29, 1.82) is 0 Å². The van der Waals surface area contributed by atoms with Gasteiger partial charge in [-0.15, -0.1) is 0 Å². The molecule has 0 aliphatic heterocycles. The summed E-state index contributed by atoms with van der Waals surface area (Å²) in [4.78, 5) is 0. The van der Waals surface area contributed by atoms with E-state index >= 15 is 0 Å². The second-order valence-electron chi connectivity index (χ2n) is 4.93. The maximum absolute atomic E-state index is 12.6. The van der Waals surface area contributed by atoms with Crippen LogP contribution in [0.1, 0.15) is 34.6 Å². The van der Waals surface area contributed by atoms with E-state index in [1.807, 2.05) is 34.6 Å². The molecule has 0 aromatic rings. The molecule has 1 unspecified atom stereocenters. The molecule has 0 bridgehead atoms. The van der Waals surface area contributed by atoms with Gasteiger partial charge in [0.25, 0.3) is 0 Å². The van der Waals surface area contributed by atoms with Gasteiger partial charge in [0.1, 0.15) is 5.75 Å². The van der Waals surface area contributed by atoms with E-state index in [0.717, 1.165) is 11.3 Å². The van der Waals surface area contributed by atoms with Crippen molar-refractivity contribution < 1.29 is 13.6 Å². The third-order valence-corrected chi connectivity index (χ3v) is 7.11. The third-order valence-electron chi connectivity index (χ3n) is 1.61. The van der Waals surface area contributed by atoms with Crippen LogP contribution in [-0.2, 0) is 24.5 Å². The quantitative estimate of drug-likeness (QED) is 0.385. The van der Waals surface area contributed by atoms with Crippen LogP contribution >= 0.6 is 7.60 Å². The first kappa shape index (κ1) is 17.2. The van der Waals surface area contributed by atoms with Gasteiger partial charge in [-0.3, -0.25) is 4.57 Å². The van der Waals surface area contributed by atoms with Crippen molar-refractivity contribution in [1.82, 2.24) is 0 Å². The van der Waals surface area contributed by atoms with E-state index < -0.39 is 7.60 Å². The standard InChI is InChI=1S/C12H26O3PS/c1-10(2)8-17(7)9-16(13,14-11(3)4)15-12(5)6/h11-12H,1,8-9H2,2-7H3/q+1. The van der Waals surface area contributed by atoms with Crippen LogP contribution in [0, 0.1) is 0 Å². The Labute approximate surface area is 109 Å². The molecule has 0 amide bonds. The highest BCUT2D eigenvalue weighted by Gasteiger charge is 2.35. The van der Waals surface area contributed by atoms with Crippen LogP contribution in [0.3, 0.4) is 0 Å². The predicted molar refractivity (Wildman–Crippen MR) is 77.9 cm³/mol. The minimum absolute atomic E-state index is 0.0151. The Balaban J connectivity index is 4.58. The molecule has 17 heavy (non-hydrogen) atoms. The molecule has 0 radical (unpaired) electrons. The van der Waals surface area contributed by atoms with Gasteiger partial charge in [-0.1, -0.05) is 6.58 Å². The van der Waals surface area contributed by atoms with Crippen LogP contribution in [0.25, 0.3) is 0 Å². The van der Waals surface area contributed by atoms with Crippen LogP contribution in [0.2, 0.25) is 0 Å². The lowest BCUT2D eigenvalue weighted by Crippen LogP contribution is -2.17. The first-order valence-corrected chi connectivity index (χ1v) is 9.54. The number of hydrogen-bond acceptors (Lipinski definition) is 3. The maximum atomic E-state index is 12.6. The topological polar surface area (TPSA) is 35.5 Å². The molecular formula is C12H26O3PS+. The predicted octanol–water partition coefficient (Wildman–Crippen LogP) is 3.81. The number of hydrogen-bond donors (Lipinski definition) is 0. The molecule has 0 N–H and O–H groups in total. The fraction of sp³-hybridized carbons (Fsp3) is 0.833. The first-order valence-electron chi connectivity index (χ1n) is 5.84. The minimum atomic E-state index is -2.97. The van der Waals surface area contributed by atoms with Crippen molar-refractivity contribution in [2.24, 2.45) is 0 Å². The summed E-state index contributed by atoms with van der Waals surface area (Å²) in [5, 5.41) is 0. The van der Waals surface area contributed by atoms with Crippen molar-refractivity contribution in [3.63, 3.8) is 0 Å². The zero-order chi connectivity index (χ0) is 13.6. The Morgan fingerprint density at radius 1 is 1.24 bits per heavy atom. The summed E-state index contributed by atoms with van der Waals surface area (Å²) in [5.41, 5.74) is 1.59. The SMILES string of the molecule is C=C(C)C[S+](C)CP(=O)(OC(C)C)OC(C)C. The molecule has 5 heteroatoms. The average molecular weight is 281 g/mol. The van der Waals surface area contributed by atoms with Gasteiger partial charge in [0.15, 0.2) is 0 Å². The maximum Gasteiger partial charge on any atom is 0.379 e. The molecule has 0 aliphatic carbocycles. The summed E-state index contributed by atoms with van der Waals surface area (Å²) in [6.45, 7) is 13.4.